The molecular weight excluding hydrogens is 273 g/mol. The van der Waals surface area contributed by atoms with Gasteiger partial charge in [0.15, 0.2) is 0 Å². The molecule has 1 atom stereocenters. The van der Waals surface area contributed by atoms with Crippen LogP contribution in [0.3, 0.4) is 0 Å². The van der Waals surface area contributed by atoms with Gasteiger partial charge in [-0.05, 0) is 41.6 Å². The van der Waals surface area contributed by atoms with Gasteiger partial charge in [0.1, 0.15) is 11.6 Å². The van der Waals surface area contributed by atoms with Crippen molar-refractivity contribution in [1.82, 2.24) is 0 Å². The molecule has 0 aliphatic heterocycles. The van der Waals surface area contributed by atoms with Gasteiger partial charge in [-0.3, -0.25) is 0 Å². The van der Waals surface area contributed by atoms with Gasteiger partial charge in [-0.1, -0.05) is 11.6 Å². The van der Waals surface area contributed by atoms with E-state index in [0.29, 0.717) is 16.1 Å². The lowest BCUT2D eigenvalue weighted by Crippen LogP contribution is -2.12. The Kier molecular flexibility index (Phi) is 3.90. The number of hydrogen-bond donors (Lipinski definition) is 1. The van der Waals surface area contributed by atoms with Gasteiger partial charge in [-0.15, -0.1) is 11.3 Å². The van der Waals surface area contributed by atoms with Crippen LogP contribution in [0.15, 0.2) is 23.6 Å². The summed E-state index contributed by atoms with van der Waals surface area (Å²) in [5, 5.41) is 2.24. The second kappa shape index (κ2) is 5.26. The Morgan fingerprint density at radius 3 is 2.83 bits per heavy atom. The maximum atomic E-state index is 13.4. The third-order valence-corrected chi connectivity index (χ3v) is 4.08. The number of halogens is 2. The Hall–Kier alpha value is -1.10. The lowest BCUT2D eigenvalue weighted by molar-refractivity contribution is 0.411. The maximum Gasteiger partial charge on any atom is 0.134 e. The molecule has 1 unspecified atom stereocenters. The molecule has 2 nitrogen and oxygen atoms in total. The van der Waals surface area contributed by atoms with Crippen molar-refractivity contribution in [3.8, 4) is 5.75 Å². The average Bonchev–Trinajstić information content (AvgIpc) is 2.81. The van der Waals surface area contributed by atoms with Gasteiger partial charge in [-0.2, -0.15) is 0 Å². The smallest absolute Gasteiger partial charge is 0.134 e. The monoisotopic (exact) mass is 285 g/mol. The van der Waals surface area contributed by atoms with E-state index in [1.54, 1.807) is 20.1 Å². The largest absolute Gasteiger partial charge is 0.496 e. The maximum absolute atomic E-state index is 13.4. The van der Waals surface area contributed by atoms with Crippen molar-refractivity contribution in [2.45, 2.75) is 13.0 Å². The molecule has 0 aliphatic carbocycles. The molecule has 0 fully saturated rings. The van der Waals surface area contributed by atoms with Gasteiger partial charge in [0.05, 0.1) is 18.0 Å². The zero-order chi connectivity index (χ0) is 13.3. The highest BCUT2D eigenvalue weighted by atomic mass is 35.5. The first kappa shape index (κ1) is 13.3. The molecule has 2 N–H and O–H groups in total. The third-order valence-electron chi connectivity index (χ3n) is 2.77. The average molecular weight is 286 g/mol. The molecule has 2 aromatic rings. The van der Waals surface area contributed by atoms with E-state index >= 15 is 0 Å². The molecule has 5 heteroatoms. The standard InChI is InChI=1S/C13H13ClFNOS/c1-7-5-8(9(14)6-10(7)15)12(16)13-11(17-2)3-4-18-13/h3-6,12H,16H2,1-2H3. The highest BCUT2D eigenvalue weighted by Gasteiger charge is 2.19. The fraction of sp³-hybridized carbons (Fsp3) is 0.231. The number of aryl methyl sites for hydroxylation is 1. The molecule has 1 heterocycles. The summed E-state index contributed by atoms with van der Waals surface area (Å²) in [5.74, 6) is 0.402. The molecule has 96 valence electrons. The van der Waals surface area contributed by atoms with Gasteiger partial charge in [-0.25, -0.2) is 4.39 Å². The molecule has 0 aliphatic rings. The van der Waals surface area contributed by atoms with E-state index in [0.717, 1.165) is 10.6 Å². The van der Waals surface area contributed by atoms with Gasteiger partial charge in [0.25, 0.3) is 0 Å². The van der Waals surface area contributed by atoms with Crippen LogP contribution in [0.5, 0.6) is 5.75 Å². The summed E-state index contributed by atoms with van der Waals surface area (Å²) in [4.78, 5) is 0.880. The van der Waals surface area contributed by atoms with Gasteiger partial charge >= 0.3 is 0 Å². The minimum absolute atomic E-state index is 0.325. The zero-order valence-corrected chi connectivity index (χ0v) is 11.6. The topological polar surface area (TPSA) is 35.2 Å². The third kappa shape index (κ3) is 2.36. The first-order chi connectivity index (χ1) is 8.54. The van der Waals surface area contributed by atoms with Crippen molar-refractivity contribution >= 4 is 22.9 Å². The van der Waals surface area contributed by atoms with Crippen molar-refractivity contribution in [3.63, 3.8) is 0 Å². The molecule has 18 heavy (non-hydrogen) atoms. The second-order valence-electron chi connectivity index (χ2n) is 3.95. The quantitative estimate of drug-likeness (QED) is 0.928. The number of thiophene rings is 1. The van der Waals surface area contributed by atoms with Crippen molar-refractivity contribution in [2.24, 2.45) is 5.73 Å². The first-order valence-electron chi connectivity index (χ1n) is 5.37. The fourth-order valence-electron chi connectivity index (χ4n) is 1.76. The van der Waals surface area contributed by atoms with Crippen LogP contribution in [0, 0.1) is 12.7 Å². The molecule has 0 saturated heterocycles. The summed E-state index contributed by atoms with van der Waals surface area (Å²) in [6, 6.07) is 4.42. The van der Waals surface area contributed by atoms with Crippen LogP contribution in [-0.4, -0.2) is 7.11 Å². The number of hydrogen-bond acceptors (Lipinski definition) is 3. The molecule has 0 amide bonds. The SMILES string of the molecule is COc1ccsc1C(N)c1cc(C)c(F)cc1Cl. The van der Waals surface area contributed by atoms with Crippen LogP contribution >= 0.6 is 22.9 Å². The minimum atomic E-state index is -0.410. The summed E-state index contributed by atoms with van der Waals surface area (Å²) in [7, 11) is 1.59. The van der Waals surface area contributed by atoms with Crippen molar-refractivity contribution in [3.05, 3.63) is 50.4 Å². The second-order valence-corrected chi connectivity index (χ2v) is 5.31. The number of benzene rings is 1. The van der Waals surface area contributed by atoms with Crippen LogP contribution in [0.25, 0.3) is 0 Å². The van der Waals surface area contributed by atoms with E-state index < -0.39 is 6.04 Å². The fourth-order valence-corrected chi connectivity index (χ4v) is 2.91. The minimum Gasteiger partial charge on any atom is -0.496 e. The van der Waals surface area contributed by atoms with Crippen LogP contribution in [0.4, 0.5) is 4.39 Å². The van der Waals surface area contributed by atoms with E-state index in [2.05, 4.69) is 0 Å². The lowest BCUT2D eigenvalue weighted by Gasteiger charge is -2.15. The van der Waals surface area contributed by atoms with E-state index in [9.17, 15) is 4.39 Å². The molecule has 0 bridgehead atoms. The number of rotatable bonds is 3. The van der Waals surface area contributed by atoms with E-state index in [1.807, 2.05) is 11.4 Å². The molecule has 0 radical (unpaired) electrons. The van der Waals surface area contributed by atoms with Gasteiger partial charge in [0, 0.05) is 5.02 Å². The summed E-state index contributed by atoms with van der Waals surface area (Å²) < 4.78 is 18.6. The zero-order valence-electron chi connectivity index (χ0n) is 10.0. The number of ether oxygens (including phenoxy) is 1. The van der Waals surface area contributed by atoms with Crippen LogP contribution in [0.2, 0.25) is 5.02 Å². The van der Waals surface area contributed by atoms with Crippen molar-refractivity contribution in [1.29, 1.82) is 0 Å². The highest BCUT2D eigenvalue weighted by Crippen LogP contribution is 2.36. The van der Waals surface area contributed by atoms with E-state index in [-0.39, 0.29) is 5.82 Å². The predicted octanol–water partition coefficient (Wildman–Crippen LogP) is 3.91. The number of methoxy groups -OCH3 is 1. The molecule has 2 rings (SSSR count). The molecule has 0 saturated carbocycles. The highest BCUT2D eigenvalue weighted by molar-refractivity contribution is 7.10. The summed E-state index contributed by atoms with van der Waals surface area (Å²) in [6.45, 7) is 1.69. The van der Waals surface area contributed by atoms with E-state index in [1.165, 1.54) is 17.4 Å². The lowest BCUT2D eigenvalue weighted by atomic mass is 10.0. The van der Waals surface area contributed by atoms with E-state index in [4.69, 9.17) is 22.1 Å². The Morgan fingerprint density at radius 2 is 2.17 bits per heavy atom. The van der Waals surface area contributed by atoms with Crippen molar-refractivity contribution in [2.75, 3.05) is 7.11 Å². The Bertz CT molecular complexity index is 570. The van der Waals surface area contributed by atoms with Crippen LogP contribution in [0.1, 0.15) is 22.0 Å². The normalized spacial score (nSPS) is 12.5. The Balaban J connectivity index is 2.46. The van der Waals surface area contributed by atoms with Crippen LogP contribution in [-0.2, 0) is 0 Å². The molecule has 1 aromatic carbocycles. The Labute approximate surface area is 114 Å². The summed E-state index contributed by atoms with van der Waals surface area (Å²) in [5.41, 5.74) is 7.41. The van der Waals surface area contributed by atoms with Gasteiger partial charge < -0.3 is 10.5 Å². The Morgan fingerprint density at radius 1 is 1.44 bits per heavy atom. The first-order valence-corrected chi connectivity index (χ1v) is 6.63. The van der Waals surface area contributed by atoms with Crippen molar-refractivity contribution < 1.29 is 9.13 Å². The predicted molar refractivity (Wildman–Crippen MR) is 73.0 cm³/mol. The van der Waals surface area contributed by atoms with Crippen LogP contribution < -0.4 is 10.5 Å². The summed E-state index contributed by atoms with van der Waals surface area (Å²) in [6.07, 6.45) is 0. The molecule has 1 aromatic heterocycles. The molecular formula is C13H13ClFNOS. The number of nitrogens with two attached hydrogens (primary N) is 1. The van der Waals surface area contributed by atoms with Gasteiger partial charge in [0.2, 0.25) is 0 Å². The summed E-state index contributed by atoms with van der Waals surface area (Å²) >= 11 is 7.55. The molecule has 0 spiro atoms.